The van der Waals surface area contributed by atoms with Gasteiger partial charge in [0.2, 0.25) is 0 Å². The summed E-state index contributed by atoms with van der Waals surface area (Å²) in [6.45, 7) is 7.68. The molecule has 3 rings (SSSR count). The minimum atomic E-state index is 0.650. The van der Waals surface area contributed by atoms with Crippen molar-refractivity contribution in [2.45, 2.75) is 52.7 Å². The summed E-state index contributed by atoms with van der Waals surface area (Å²) in [7, 11) is 0. The third-order valence-corrected chi connectivity index (χ3v) is 3.66. The Morgan fingerprint density at radius 3 is 2.79 bits per heavy atom. The first kappa shape index (κ1) is 12.4. The maximum Gasteiger partial charge on any atom is 0.158 e. The molecule has 0 spiro atoms. The van der Waals surface area contributed by atoms with Crippen LogP contribution in [0.15, 0.2) is 10.6 Å². The van der Waals surface area contributed by atoms with Crippen molar-refractivity contribution in [1.29, 1.82) is 0 Å². The van der Waals surface area contributed by atoms with Gasteiger partial charge in [-0.15, -0.1) is 0 Å². The molecule has 102 valence electrons. The number of rotatable bonds is 5. The lowest BCUT2D eigenvalue weighted by Crippen LogP contribution is -2.16. The third-order valence-electron chi connectivity index (χ3n) is 3.66. The molecule has 0 bridgehead atoms. The predicted molar refractivity (Wildman–Crippen MR) is 71.9 cm³/mol. The third kappa shape index (κ3) is 2.71. The number of hydrogen-bond donors (Lipinski definition) is 1. The van der Waals surface area contributed by atoms with E-state index in [-0.39, 0.29) is 0 Å². The van der Waals surface area contributed by atoms with Crippen LogP contribution in [0.5, 0.6) is 0 Å². The van der Waals surface area contributed by atoms with E-state index in [1.165, 1.54) is 24.1 Å². The van der Waals surface area contributed by atoms with E-state index in [0.29, 0.717) is 6.54 Å². The van der Waals surface area contributed by atoms with Crippen LogP contribution in [-0.2, 0) is 13.1 Å². The first-order chi connectivity index (χ1) is 9.13. The van der Waals surface area contributed by atoms with Crippen LogP contribution in [0, 0.1) is 20.8 Å². The molecule has 5 nitrogen and oxygen atoms in total. The van der Waals surface area contributed by atoms with Crippen LogP contribution in [0.25, 0.3) is 0 Å². The van der Waals surface area contributed by atoms with Crippen molar-refractivity contribution in [2.24, 2.45) is 0 Å². The van der Waals surface area contributed by atoms with Crippen molar-refractivity contribution in [3.8, 4) is 0 Å². The first-order valence-corrected chi connectivity index (χ1v) is 6.82. The lowest BCUT2D eigenvalue weighted by Gasteiger charge is -2.04. The van der Waals surface area contributed by atoms with Crippen molar-refractivity contribution < 1.29 is 4.52 Å². The number of nitrogens with zero attached hydrogens (tertiary/aromatic N) is 3. The van der Waals surface area contributed by atoms with Gasteiger partial charge in [0.25, 0.3) is 0 Å². The summed E-state index contributed by atoms with van der Waals surface area (Å²) in [6, 6.07) is 2.68. The lowest BCUT2D eigenvalue weighted by atomic mass is 10.2. The molecule has 19 heavy (non-hydrogen) atoms. The Balaban J connectivity index is 1.75. The highest BCUT2D eigenvalue weighted by molar-refractivity contribution is 5.25. The molecule has 0 radical (unpaired) electrons. The summed E-state index contributed by atoms with van der Waals surface area (Å²) in [5.41, 5.74) is 4.52. The van der Waals surface area contributed by atoms with Gasteiger partial charge in [0, 0.05) is 29.9 Å². The van der Waals surface area contributed by atoms with Crippen LogP contribution in [0.1, 0.15) is 41.2 Å². The van der Waals surface area contributed by atoms with E-state index in [2.05, 4.69) is 29.4 Å². The van der Waals surface area contributed by atoms with Crippen LogP contribution in [-0.4, -0.2) is 21.0 Å². The van der Waals surface area contributed by atoms with Crippen molar-refractivity contribution in [3.63, 3.8) is 0 Å². The molecule has 2 aromatic heterocycles. The van der Waals surface area contributed by atoms with E-state index in [9.17, 15) is 0 Å². The highest BCUT2D eigenvalue weighted by Crippen LogP contribution is 2.21. The summed E-state index contributed by atoms with van der Waals surface area (Å²) in [6.07, 6.45) is 2.62. The fourth-order valence-corrected chi connectivity index (χ4v) is 2.32. The number of nitrogens with one attached hydrogen (secondary N) is 1. The molecular weight excluding hydrogens is 240 g/mol. The Kier molecular flexibility index (Phi) is 3.14. The summed E-state index contributed by atoms with van der Waals surface area (Å²) < 4.78 is 7.25. The fraction of sp³-hybridized carbons (Fsp3) is 0.571. The zero-order valence-corrected chi connectivity index (χ0v) is 11.7. The van der Waals surface area contributed by atoms with Gasteiger partial charge in [-0.3, -0.25) is 4.68 Å². The average Bonchev–Trinajstić information content (AvgIpc) is 3.05. The SMILES string of the molecule is Cc1cc(Cn2nc(C)c(CNC3CC3)c2C)on1. The van der Waals surface area contributed by atoms with Crippen LogP contribution in [0.2, 0.25) is 0 Å². The summed E-state index contributed by atoms with van der Waals surface area (Å²) in [5, 5.41) is 12.1. The van der Waals surface area contributed by atoms with Gasteiger partial charge in [0.15, 0.2) is 5.76 Å². The van der Waals surface area contributed by atoms with Gasteiger partial charge in [-0.2, -0.15) is 5.10 Å². The van der Waals surface area contributed by atoms with E-state index >= 15 is 0 Å². The molecule has 1 saturated carbocycles. The molecule has 0 aromatic carbocycles. The summed E-state index contributed by atoms with van der Waals surface area (Å²) in [4.78, 5) is 0. The quantitative estimate of drug-likeness (QED) is 0.894. The van der Waals surface area contributed by atoms with Crippen molar-refractivity contribution in [3.05, 3.63) is 34.5 Å². The van der Waals surface area contributed by atoms with Gasteiger partial charge >= 0.3 is 0 Å². The number of aromatic nitrogens is 3. The zero-order valence-electron chi connectivity index (χ0n) is 11.7. The van der Waals surface area contributed by atoms with Crippen LogP contribution >= 0.6 is 0 Å². The van der Waals surface area contributed by atoms with Gasteiger partial charge in [-0.05, 0) is 33.6 Å². The van der Waals surface area contributed by atoms with Gasteiger partial charge in [-0.25, -0.2) is 0 Å². The highest BCUT2D eigenvalue weighted by atomic mass is 16.5. The van der Waals surface area contributed by atoms with Crippen LogP contribution in [0.3, 0.4) is 0 Å². The van der Waals surface area contributed by atoms with E-state index in [1.54, 1.807) is 0 Å². The molecular formula is C14H20N4O. The molecule has 0 saturated heterocycles. The first-order valence-electron chi connectivity index (χ1n) is 6.82. The second kappa shape index (κ2) is 4.81. The molecule has 0 atom stereocenters. The standard InChI is InChI=1S/C14H20N4O/c1-9-6-13(19-17-9)8-18-11(3)14(10(2)16-18)7-15-12-4-5-12/h6,12,15H,4-5,7-8H2,1-3H3. The van der Waals surface area contributed by atoms with Gasteiger partial charge in [0.05, 0.1) is 11.4 Å². The maximum atomic E-state index is 5.25. The van der Waals surface area contributed by atoms with E-state index in [1.807, 2.05) is 17.7 Å². The molecule has 2 heterocycles. The molecule has 1 aliphatic carbocycles. The highest BCUT2D eigenvalue weighted by Gasteiger charge is 2.21. The molecule has 5 heteroatoms. The van der Waals surface area contributed by atoms with Crippen molar-refractivity contribution in [2.75, 3.05) is 0 Å². The Labute approximate surface area is 113 Å². The monoisotopic (exact) mass is 260 g/mol. The number of hydrogen-bond acceptors (Lipinski definition) is 4. The predicted octanol–water partition coefficient (Wildman–Crippen LogP) is 2.10. The largest absolute Gasteiger partial charge is 0.359 e. The average molecular weight is 260 g/mol. The van der Waals surface area contributed by atoms with Crippen LogP contribution < -0.4 is 5.32 Å². The summed E-state index contributed by atoms with van der Waals surface area (Å²) in [5.74, 6) is 0.852. The van der Waals surface area contributed by atoms with Crippen molar-refractivity contribution >= 4 is 0 Å². The van der Waals surface area contributed by atoms with Gasteiger partial charge in [0.1, 0.15) is 6.54 Å². The molecule has 0 unspecified atom stereocenters. The molecule has 1 N–H and O–H groups in total. The minimum absolute atomic E-state index is 0.650. The molecule has 2 aromatic rings. The van der Waals surface area contributed by atoms with Crippen molar-refractivity contribution in [1.82, 2.24) is 20.3 Å². The van der Waals surface area contributed by atoms with Crippen LogP contribution in [0.4, 0.5) is 0 Å². The maximum absolute atomic E-state index is 5.25. The summed E-state index contributed by atoms with van der Waals surface area (Å²) >= 11 is 0. The Bertz CT molecular complexity index is 580. The van der Waals surface area contributed by atoms with Gasteiger partial charge < -0.3 is 9.84 Å². The smallest absolute Gasteiger partial charge is 0.158 e. The van der Waals surface area contributed by atoms with E-state index in [4.69, 9.17) is 4.52 Å². The van der Waals surface area contributed by atoms with E-state index < -0.39 is 0 Å². The normalized spacial score (nSPS) is 15.1. The second-order valence-electron chi connectivity index (χ2n) is 5.40. The molecule has 0 aliphatic heterocycles. The fourth-order valence-electron chi connectivity index (χ4n) is 2.32. The lowest BCUT2D eigenvalue weighted by molar-refractivity contribution is 0.366. The molecule has 1 aliphatic rings. The second-order valence-corrected chi connectivity index (χ2v) is 5.40. The molecule has 0 amide bonds. The molecule has 1 fully saturated rings. The zero-order chi connectivity index (χ0) is 13.4. The van der Waals surface area contributed by atoms with Gasteiger partial charge in [-0.1, -0.05) is 5.16 Å². The minimum Gasteiger partial charge on any atom is -0.359 e. The Hall–Kier alpha value is -1.62. The number of aryl methyl sites for hydroxylation is 2. The Morgan fingerprint density at radius 1 is 1.37 bits per heavy atom. The van der Waals surface area contributed by atoms with E-state index in [0.717, 1.165) is 29.7 Å². The Morgan fingerprint density at radius 2 is 2.16 bits per heavy atom. The topological polar surface area (TPSA) is 55.9 Å².